The molecule has 0 fully saturated rings. The second-order valence-corrected chi connectivity index (χ2v) is 5.03. The SMILES string of the molecule is C=C1C=C(c2ccc(C(C)C(=O)O)cc2)C=C(/C=C/C)N1. The molecule has 1 aliphatic heterocycles. The van der Waals surface area contributed by atoms with Gasteiger partial charge in [0.05, 0.1) is 5.92 Å². The molecule has 21 heavy (non-hydrogen) atoms. The van der Waals surface area contributed by atoms with Crippen LogP contribution in [0.5, 0.6) is 0 Å². The Bertz CT molecular complexity index is 648. The second kappa shape index (κ2) is 6.27. The summed E-state index contributed by atoms with van der Waals surface area (Å²) in [6, 6.07) is 7.62. The predicted molar refractivity (Wildman–Crippen MR) is 85.6 cm³/mol. The van der Waals surface area contributed by atoms with Crippen molar-refractivity contribution in [1.29, 1.82) is 0 Å². The van der Waals surface area contributed by atoms with Gasteiger partial charge in [-0.1, -0.05) is 36.9 Å². The molecular weight excluding hydrogens is 262 g/mol. The highest BCUT2D eigenvalue weighted by Gasteiger charge is 2.14. The summed E-state index contributed by atoms with van der Waals surface area (Å²) in [5, 5.41) is 12.2. The maximum atomic E-state index is 11.0. The van der Waals surface area contributed by atoms with Crippen molar-refractivity contribution >= 4 is 11.5 Å². The number of carboxylic acids is 1. The topological polar surface area (TPSA) is 49.3 Å². The molecule has 3 nitrogen and oxygen atoms in total. The van der Waals surface area contributed by atoms with E-state index in [2.05, 4.69) is 11.9 Å². The molecule has 0 aromatic heterocycles. The van der Waals surface area contributed by atoms with Crippen LogP contribution >= 0.6 is 0 Å². The standard InChI is InChI=1S/C18H19NO2/c1-4-5-17-11-16(10-12(2)19-17)15-8-6-14(7-9-15)13(3)18(20)21/h4-11,13,19H,2H2,1,3H3,(H,20,21)/b5-4+. The van der Waals surface area contributed by atoms with Gasteiger partial charge in [0.15, 0.2) is 0 Å². The van der Waals surface area contributed by atoms with Gasteiger partial charge in [-0.2, -0.15) is 0 Å². The molecule has 0 saturated carbocycles. The number of benzene rings is 1. The number of allylic oxidation sites excluding steroid dienone is 5. The molecular formula is C18H19NO2. The Labute approximate surface area is 125 Å². The van der Waals surface area contributed by atoms with Gasteiger partial charge in [-0.3, -0.25) is 4.79 Å². The first-order valence-corrected chi connectivity index (χ1v) is 6.86. The van der Waals surface area contributed by atoms with Crippen molar-refractivity contribution in [2.75, 3.05) is 0 Å². The number of rotatable bonds is 4. The van der Waals surface area contributed by atoms with E-state index in [1.54, 1.807) is 6.92 Å². The molecule has 0 radical (unpaired) electrons. The third-order valence-corrected chi connectivity index (χ3v) is 3.41. The van der Waals surface area contributed by atoms with Crippen molar-refractivity contribution in [3.05, 3.63) is 77.7 Å². The quantitative estimate of drug-likeness (QED) is 0.881. The lowest BCUT2D eigenvalue weighted by Crippen LogP contribution is -2.13. The summed E-state index contributed by atoms with van der Waals surface area (Å²) >= 11 is 0. The van der Waals surface area contributed by atoms with Crippen LogP contribution in [0.1, 0.15) is 30.9 Å². The molecule has 108 valence electrons. The summed E-state index contributed by atoms with van der Waals surface area (Å²) in [6.45, 7) is 7.60. The zero-order valence-electron chi connectivity index (χ0n) is 12.3. The second-order valence-electron chi connectivity index (χ2n) is 5.03. The van der Waals surface area contributed by atoms with Gasteiger partial charge >= 0.3 is 5.97 Å². The molecule has 2 N–H and O–H groups in total. The first kappa shape index (κ1) is 14.9. The Morgan fingerprint density at radius 1 is 1.29 bits per heavy atom. The molecule has 1 heterocycles. The van der Waals surface area contributed by atoms with Crippen LogP contribution in [0, 0.1) is 0 Å². The Morgan fingerprint density at radius 2 is 1.95 bits per heavy atom. The smallest absolute Gasteiger partial charge is 0.310 e. The van der Waals surface area contributed by atoms with E-state index in [1.165, 1.54) is 0 Å². The maximum Gasteiger partial charge on any atom is 0.310 e. The number of nitrogens with one attached hydrogen (secondary N) is 1. The number of hydrogen-bond acceptors (Lipinski definition) is 2. The molecule has 0 saturated heterocycles. The molecule has 1 atom stereocenters. The number of hydrogen-bond donors (Lipinski definition) is 2. The first-order chi connectivity index (χ1) is 10.0. The summed E-state index contributed by atoms with van der Waals surface area (Å²) in [4.78, 5) is 11.0. The molecule has 1 aliphatic rings. The zero-order chi connectivity index (χ0) is 15.4. The van der Waals surface area contributed by atoms with Gasteiger partial charge in [0.25, 0.3) is 0 Å². The van der Waals surface area contributed by atoms with Crippen molar-refractivity contribution in [2.45, 2.75) is 19.8 Å². The van der Waals surface area contributed by atoms with Crippen LogP contribution in [-0.2, 0) is 4.79 Å². The van der Waals surface area contributed by atoms with Gasteiger partial charge in [0, 0.05) is 11.4 Å². The van der Waals surface area contributed by atoms with E-state index < -0.39 is 11.9 Å². The minimum Gasteiger partial charge on any atom is -0.481 e. The van der Waals surface area contributed by atoms with Gasteiger partial charge in [-0.05, 0) is 48.8 Å². The Hall–Kier alpha value is -2.55. The molecule has 1 aromatic carbocycles. The molecule has 0 amide bonds. The summed E-state index contributed by atoms with van der Waals surface area (Å²) in [7, 11) is 0. The molecule has 0 aliphatic carbocycles. The van der Waals surface area contributed by atoms with Crippen LogP contribution in [-0.4, -0.2) is 11.1 Å². The molecule has 0 spiro atoms. The van der Waals surface area contributed by atoms with E-state index in [0.29, 0.717) is 0 Å². The van der Waals surface area contributed by atoms with E-state index in [-0.39, 0.29) is 0 Å². The lowest BCUT2D eigenvalue weighted by molar-refractivity contribution is -0.138. The third kappa shape index (κ3) is 3.51. The summed E-state index contributed by atoms with van der Waals surface area (Å²) in [6.07, 6.45) is 7.97. The van der Waals surface area contributed by atoms with Crippen molar-refractivity contribution in [3.63, 3.8) is 0 Å². The molecule has 0 bridgehead atoms. The van der Waals surface area contributed by atoms with Crippen LogP contribution in [0.15, 0.2) is 66.5 Å². The Morgan fingerprint density at radius 3 is 2.52 bits per heavy atom. The first-order valence-electron chi connectivity index (χ1n) is 6.86. The van der Waals surface area contributed by atoms with Crippen molar-refractivity contribution in [2.24, 2.45) is 0 Å². The molecule has 1 aromatic rings. The lowest BCUT2D eigenvalue weighted by Gasteiger charge is -2.16. The van der Waals surface area contributed by atoms with Gasteiger partial charge in [0.2, 0.25) is 0 Å². The molecule has 1 unspecified atom stereocenters. The van der Waals surface area contributed by atoms with Crippen molar-refractivity contribution < 1.29 is 9.90 Å². The zero-order valence-corrected chi connectivity index (χ0v) is 12.3. The fourth-order valence-corrected chi connectivity index (χ4v) is 2.20. The number of aliphatic carboxylic acids is 1. The minimum atomic E-state index is -0.813. The van der Waals surface area contributed by atoms with E-state index in [9.17, 15) is 4.79 Å². The van der Waals surface area contributed by atoms with Crippen LogP contribution in [0.4, 0.5) is 0 Å². The van der Waals surface area contributed by atoms with Gasteiger partial charge < -0.3 is 10.4 Å². The average Bonchev–Trinajstić information content (AvgIpc) is 2.46. The van der Waals surface area contributed by atoms with Gasteiger partial charge in [-0.15, -0.1) is 0 Å². The Kier molecular flexibility index (Phi) is 4.43. The van der Waals surface area contributed by atoms with Crippen molar-refractivity contribution in [1.82, 2.24) is 5.32 Å². The largest absolute Gasteiger partial charge is 0.481 e. The monoisotopic (exact) mass is 281 g/mol. The van der Waals surface area contributed by atoms with Crippen LogP contribution in [0.3, 0.4) is 0 Å². The lowest BCUT2D eigenvalue weighted by atomic mass is 9.96. The normalized spacial score (nSPS) is 16.2. The van der Waals surface area contributed by atoms with Crippen LogP contribution < -0.4 is 5.32 Å². The van der Waals surface area contributed by atoms with E-state index in [1.807, 2.05) is 55.5 Å². The number of carboxylic acid groups (broad SMARTS) is 1. The van der Waals surface area contributed by atoms with E-state index >= 15 is 0 Å². The predicted octanol–water partition coefficient (Wildman–Crippen LogP) is 3.84. The summed E-state index contributed by atoms with van der Waals surface area (Å²) < 4.78 is 0. The highest BCUT2D eigenvalue weighted by atomic mass is 16.4. The van der Waals surface area contributed by atoms with Crippen LogP contribution in [0.25, 0.3) is 5.57 Å². The summed E-state index contributed by atoms with van der Waals surface area (Å²) in [5.74, 6) is -1.31. The van der Waals surface area contributed by atoms with E-state index in [0.717, 1.165) is 28.1 Å². The maximum absolute atomic E-state index is 11.0. The number of carbonyl (C=O) groups is 1. The molecule has 3 heteroatoms. The summed E-state index contributed by atoms with van der Waals surface area (Å²) in [5.41, 5.74) is 4.73. The van der Waals surface area contributed by atoms with Gasteiger partial charge in [-0.25, -0.2) is 0 Å². The van der Waals surface area contributed by atoms with Gasteiger partial charge in [0.1, 0.15) is 0 Å². The molecule has 2 rings (SSSR count). The highest BCUT2D eigenvalue weighted by Crippen LogP contribution is 2.25. The average molecular weight is 281 g/mol. The van der Waals surface area contributed by atoms with Crippen LogP contribution in [0.2, 0.25) is 0 Å². The fourth-order valence-electron chi connectivity index (χ4n) is 2.20. The Balaban J connectivity index is 2.30. The highest BCUT2D eigenvalue weighted by molar-refractivity contribution is 5.80. The van der Waals surface area contributed by atoms with Crippen molar-refractivity contribution in [3.8, 4) is 0 Å². The number of dihydropyridines is 1. The third-order valence-electron chi connectivity index (χ3n) is 3.41. The fraction of sp³-hybridized carbons (Fsp3) is 0.167. The van der Waals surface area contributed by atoms with E-state index in [4.69, 9.17) is 5.11 Å². The minimum absolute atomic E-state index is 0.495.